The van der Waals surface area contributed by atoms with Gasteiger partial charge in [0.2, 0.25) is 11.8 Å². The first-order chi connectivity index (χ1) is 18.6. The monoisotopic (exact) mass is 555 g/mol. The third-order valence-corrected chi connectivity index (χ3v) is 8.23. The molecule has 2 atom stereocenters. The largest absolute Gasteiger partial charge is 0.497 e. The molecule has 0 aliphatic heterocycles. The molecule has 3 rings (SSSR count). The maximum Gasteiger partial charge on any atom is 0.264 e. The fourth-order valence-electron chi connectivity index (χ4n) is 3.86. The van der Waals surface area contributed by atoms with Crippen molar-refractivity contribution in [1.29, 1.82) is 0 Å². The van der Waals surface area contributed by atoms with Crippen molar-refractivity contribution in [1.82, 2.24) is 10.2 Å². The molecule has 8 nitrogen and oxygen atoms in total. The van der Waals surface area contributed by atoms with E-state index in [0.717, 1.165) is 4.31 Å². The molecule has 0 radical (unpaired) electrons. The highest BCUT2D eigenvalue weighted by atomic mass is 32.2. The van der Waals surface area contributed by atoms with Gasteiger partial charge in [-0.3, -0.25) is 13.9 Å². The second-order valence-electron chi connectivity index (χ2n) is 9.13. The fourth-order valence-corrected chi connectivity index (χ4v) is 5.29. The van der Waals surface area contributed by atoms with E-state index in [-0.39, 0.29) is 28.7 Å². The Hall–Kier alpha value is -3.92. The van der Waals surface area contributed by atoms with Crippen molar-refractivity contribution < 1.29 is 27.1 Å². The highest BCUT2D eigenvalue weighted by Crippen LogP contribution is 2.26. The number of benzene rings is 3. The Bertz CT molecular complexity index is 1370. The SMILES string of the molecule is CC[C@H](C)NC(=O)[C@@H](C)N(Cc1ccccc1F)C(=O)CN(c1ccc(OC)cc1)S(=O)(=O)c1ccccc1. The summed E-state index contributed by atoms with van der Waals surface area (Å²) in [5, 5.41) is 2.85. The highest BCUT2D eigenvalue weighted by Gasteiger charge is 2.33. The van der Waals surface area contributed by atoms with Gasteiger partial charge in [0, 0.05) is 18.2 Å². The van der Waals surface area contributed by atoms with Crippen molar-refractivity contribution in [3.63, 3.8) is 0 Å². The molecule has 3 aromatic carbocycles. The van der Waals surface area contributed by atoms with Crippen LogP contribution in [0, 0.1) is 5.82 Å². The standard InChI is InChI=1S/C29H34FN3O5S/c1-5-21(2)31-29(35)22(3)32(19-23-11-9-10-14-27(23)30)28(34)20-33(24-15-17-25(38-4)18-16-24)39(36,37)26-12-7-6-8-13-26/h6-18,21-22H,5,19-20H2,1-4H3,(H,31,35)/t21-,22+/m0/s1. The molecule has 0 saturated carbocycles. The molecule has 0 spiro atoms. The van der Waals surface area contributed by atoms with Crippen LogP contribution in [0.3, 0.4) is 0 Å². The molecule has 0 aliphatic carbocycles. The lowest BCUT2D eigenvalue weighted by Crippen LogP contribution is -2.52. The number of carbonyl (C=O) groups is 2. The van der Waals surface area contributed by atoms with Crippen molar-refractivity contribution in [2.24, 2.45) is 0 Å². The van der Waals surface area contributed by atoms with Crippen molar-refractivity contribution in [3.05, 3.63) is 90.2 Å². The zero-order chi connectivity index (χ0) is 28.6. The maximum absolute atomic E-state index is 14.6. The normalized spacial score (nSPS) is 12.7. The Kier molecular flexibility index (Phi) is 10.1. The van der Waals surface area contributed by atoms with Gasteiger partial charge in [-0.2, -0.15) is 0 Å². The molecule has 2 amide bonds. The van der Waals surface area contributed by atoms with Gasteiger partial charge in [0.1, 0.15) is 24.2 Å². The molecule has 0 bridgehead atoms. The summed E-state index contributed by atoms with van der Waals surface area (Å²) in [7, 11) is -2.69. The summed E-state index contributed by atoms with van der Waals surface area (Å²) in [5.41, 5.74) is 0.437. The van der Waals surface area contributed by atoms with E-state index in [1.54, 1.807) is 43.3 Å². The molecule has 0 aliphatic rings. The molecule has 39 heavy (non-hydrogen) atoms. The minimum absolute atomic E-state index is 0.00293. The Morgan fingerprint density at radius 3 is 2.15 bits per heavy atom. The van der Waals surface area contributed by atoms with Gasteiger partial charge < -0.3 is 15.0 Å². The quantitative estimate of drug-likeness (QED) is 0.358. The van der Waals surface area contributed by atoms with Crippen molar-refractivity contribution in [3.8, 4) is 5.75 Å². The van der Waals surface area contributed by atoms with Gasteiger partial charge in [-0.25, -0.2) is 12.8 Å². The summed E-state index contributed by atoms with van der Waals surface area (Å²) in [5.74, 6) is -1.11. The zero-order valence-corrected chi connectivity index (χ0v) is 23.3. The van der Waals surface area contributed by atoms with Gasteiger partial charge in [-0.05, 0) is 62.7 Å². The van der Waals surface area contributed by atoms with Gasteiger partial charge >= 0.3 is 0 Å². The lowest BCUT2D eigenvalue weighted by molar-refractivity contribution is -0.139. The molecule has 208 valence electrons. The summed E-state index contributed by atoms with van der Waals surface area (Å²) in [6.45, 7) is 4.46. The third kappa shape index (κ3) is 7.35. The van der Waals surface area contributed by atoms with E-state index in [1.165, 1.54) is 54.5 Å². The number of halogens is 1. The van der Waals surface area contributed by atoms with Crippen molar-refractivity contribution >= 4 is 27.5 Å². The number of anilines is 1. The number of methoxy groups -OCH3 is 1. The van der Waals surface area contributed by atoms with E-state index in [4.69, 9.17) is 4.74 Å². The smallest absolute Gasteiger partial charge is 0.264 e. The second-order valence-corrected chi connectivity index (χ2v) is 11.0. The molecule has 10 heteroatoms. The minimum atomic E-state index is -4.18. The van der Waals surface area contributed by atoms with Crippen LogP contribution in [-0.4, -0.2) is 50.9 Å². The first-order valence-electron chi connectivity index (χ1n) is 12.6. The van der Waals surface area contributed by atoms with E-state index in [0.29, 0.717) is 12.2 Å². The fraction of sp³-hybridized carbons (Fsp3) is 0.310. The van der Waals surface area contributed by atoms with Crippen LogP contribution in [0.5, 0.6) is 5.75 Å². The number of sulfonamides is 1. The number of hydrogen-bond donors (Lipinski definition) is 1. The highest BCUT2D eigenvalue weighted by molar-refractivity contribution is 7.92. The molecule has 1 N–H and O–H groups in total. The lowest BCUT2D eigenvalue weighted by Gasteiger charge is -2.32. The molecule has 0 fully saturated rings. The van der Waals surface area contributed by atoms with Gasteiger partial charge in [0.05, 0.1) is 17.7 Å². The molecule has 3 aromatic rings. The summed E-state index contributed by atoms with van der Waals surface area (Å²) in [4.78, 5) is 28.1. The van der Waals surface area contributed by atoms with Crippen molar-refractivity contribution in [2.75, 3.05) is 18.0 Å². The number of amides is 2. The number of carbonyl (C=O) groups excluding carboxylic acids is 2. The average Bonchev–Trinajstić information content (AvgIpc) is 2.95. The summed E-state index contributed by atoms with van der Waals surface area (Å²) < 4.78 is 48.2. The van der Waals surface area contributed by atoms with E-state index in [2.05, 4.69) is 5.32 Å². The van der Waals surface area contributed by atoms with Crippen LogP contribution >= 0.6 is 0 Å². The van der Waals surface area contributed by atoms with Crippen LogP contribution in [0.15, 0.2) is 83.8 Å². The first-order valence-corrected chi connectivity index (χ1v) is 14.1. The van der Waals surface area contributed by atoms with Crippen LogP contribution in [-0.2, 0) is 26.2 Å². The van der Waals surface area contributed by atoms with E-state index in [9.17, 15) is 22.4 Å². The van der Waals surface area contributed by atoms with Gasteiger partial charge in [0.25, 0.3) is 10.0 Å². The molecule has 0 unspecified atom stereocenters. The Balaban J connectivity index is 2.02. The Morgan fingerprint density at radius 1 is 0.949 bits per heavy atom. The maximum atomic E-state index is 14.6. The number of nitrogens with one attached hydrogen (secondary N) is 1. The van der Waals surface area contributed by atoms with E-state index in [1.807, 2.05) is 13.8 Å². The first kappa shape index (κ1) is 29.6. The molecular weight excluding hydrogens is 521 g/mol. The van der Waals surface area contributed by atoms with Crippen LogP contribution in [0.25, 0.3) is 0 Å². The summed E-state index contributed by atoms with van der Waals surface area (Å²) in [6, 6.07) is 18.8. The Morgan fingerprint density at radius 2 is 1.56 bits per heavy atom. The van der Waals surface area contributed by atoms with E-state index >= 15 is 0 Å². The van der Waals surface area contributed by atoms with E-state index < -0.39 is 40.2 Å². The second kappa shape index (κ2) is 13.2. The minimum Gasteiger partial charge on any atom is -0.497 e. The van der Waals surface area contributed by atoms with Gasteiger partial charge in [-0.15, -0.1) is 0 Å². The molecule has 0 saturated heterocycles. The van der Waals surface area contributed by atoms with Gasteiger partial charge in [0.15, 0.2) is 0 Å². The molecule has 0 heterocycles. The molecular formula is C29H34FN3O5S. The number of nitrogens with zero attached hydrogens (tertiary/aromatic N) is 2. The predicted octanol–water partition coefficient (Wildman–Crippen LogP) is 4.36. The Labute approximate surface area is 229 Å². The van der Waals surface area contributed by atoms with Gasteiger partial charge in [-0.1, -0.05) is 43.3 Å². The predicted molar refractivity (Wildman–Crippen MR) is 148 cm³/mol. The van der Waals surface area contributed by atoms with Crippen LogP contribution < -0.4 is 14.4 Å². The molecule has 0 aromatic heterocycles. The summed E-state index contributed by atoms with van der Waals surface area (Å²) >= 11 is 0. The summed E-state index contributed by atoms with van der Waals surface area (Å²) in [6.07, 6.45) is 0.681. The van der Waals surface area contributed by atoms with Crippen LogP contribution in [0.4, 0.5) is 10.1 Å². The zero-order valence-electron chi connectivity index (χ0n) is 22.5. The van der Waals surface area contributed by atoms with Crippen LogP contribution in [0.1, 0.15) is 32.8 Å². The topological polar surface area (TPSA) is 96.0 Å². The average molecular weight is 556 g/mol. The third-order valence-electron chi connectivity index (χ3n) is 6.44. The van der Waals surface area contributed by atoms with Crippen LogP contribution in [0.2, 0.25) is 0 Å². The number of ether oxygens (including phenoxy) is 1. The van der Waals surface area contributed by atoms with Crippen molar-refractivity contribution in [2.45, 2.75) is 50.7 Å². The number of rotatable bonds is 12. The number of hydrogen-bond acceptors (Lipinski definition) is 5. The lowest BCUT2D eigenvalue weighted by atomic mass is 10.1.